The first-order chi connectivity index (χ1) is 13.8. The average molecular weight is 418 g/mol. The first-order valence-electron chi connectivity index (χ1n) is 9.53. The van der Waals surface area contributed by atoms with Gasteiger partial charge in [-0.05, 0) is 43.2 Å². The summed E-state index contributed by atoms with van der Waals surface area (Å²) < 4.78 is 26.6. The highest BCUT2D eigenvalue weighted by Crippen LogP contribution is 2.08. The summed E-state index contributed by atoms with van der Waals surface area (Å²) in [6.45, 7) is 4.19. The molecule has 0 bridgehead atoms. The van der Waals surface area contributed by atoms with Crippen molar-refractivity contribution in [1.29, 1.82) is 0 Å². The first-order valence-corrected chi connectivity index (χ1v) is 11.0. The molecule has 2 aromatic rings. The fourth-order valence-corrected chi connectivity index (χ4v) is 3.56. The number of amides is 2. The molecule has 29 heavy (non-hydrogen) atoms. The summed E-state index contributed by atoms with van der Waals surface area (Å²) >= 11 is 0. The van der Waals surface area contributed by atoms with Crippen LogP contribution in [0, 0.1) is 0 Å². The minimum Gasteiger partial charge on any atom is -0.352 e. The van der Waals surface area contributed by atoms with Crippen LogP contribution in [0.4, 0.5) is 0 Å². The van der Waals surface area contributed by atoms with E-state index >= 15 is 0 Å². The van der Waals surface area contributed by atoms with Crippen LogP contribution in [0.25, 0.3) is 0 Å². The van der Waals surface area contributed by atoms with E-state index in [-0.39, 0.29) is 42.3 Å². The summed E-state index contributed by atoms with van der Waals surface area (Å²) in [7, 11) is -3.62. The number of hydrogen-bond donors (Lipinski definition) is 3. The monoisotopic (exact) mass is 417 g/mol. The highest BCUT2D eigenvalue weighted by Gasteiger charge is 2.13. The lowest BCUT2D eigenvalue weighted by Gasteiger charge is -2.12. The molecule has 0 saturated carbocycles. The molecule has 0 heterocycles. The third-order valence-corrected chi connectivity index (χ3v) is 5.84. The molecule has 0 aromatic heterocycles. The number of hydrogen-bond acceptors (Lipinski definition) is 4. The summed E-state index contributed by atoms with van der Waals surface area (Å²) in [5, 5.41) is 5.64. The van der Waals surface area contributed by atoms with E-state index in [0.717, 1.165) is 12.0 Å². The minimum absolute atomic E-state index is 0.000409. The molecule has 1 unspecified atom stereocenters. The van der Waals surface area contributed by atoms with Crippen LogP contribution in [0.3, 0.4) is 0 Å². The van der Waals surface area contributed by atoms with Crippen molar-refractivity contribution >= 4 is 21.8 Å². The highest BCUT2D eigenvalue weighted by atomic mass is 32.2. The third-order valence-electron chi connectivity index (χ3n) is 4.37. The molecule has 0 spiro atoms. The van der Waals surface area contributed by atoms with Gasteiger partial charge in [0, 0.05) is 31.1 Å². The van der Waals surface area contributed by atoms with E-state index in [4.69, 9.17) is 0 Å². The van der Waals surface area contributed by atoms with E-state index in [0.29, 0.717) is 5.56 Å². The summed E-state index contributed by atoms with van der Waals surface area (Å²) in [6, 6.07) is 15.1. The number of sulfonamides is 1. The quantitative estimate of drug-likeness (QED) is 0.551. The van der Waals surface area contributed by atoms with Gasteiger partial charge in [-0.1, -0.05) is 37.3 Å². The largest absolute Gasteiger partial charge is 0.352 e. The Morgan fingerprint density at radius 2 is 1.76 bits per heavy atom. The molecule has 0 radical (unpaired) electrons. The molecule has 0 aliphatic heterocycles. The molecule has 8 heteroatoms. The number of carbonyl (C=O) groups excluding carboxylic acids is 2. The second-order valence-corrected chi connectivity index (χ2v) is 8.49. The van der Waals surface area contributed by atoms with Gasteiger partial charge in [-0.3, -0.25) is 9.59 Å². The molecular formula is C21H27N3O4S. The molecule has 2 rings (SSSR count). The number of nitrogens with one attached hydrogen (secondary N) is 3. The number of carbonyl (C=O) groups is 2. The Kier molecular flexibility index (Phi) is 8.35. The van der Waals surface area contributed by atoms with Crippen molar-refractivity contribution in [2.75, 3.05) is 6.54 Å². The Morgan fingerprint density at radius 1 is 1.03 bits per heavy atom. The molecule has 156 valence electrons. The minimum atomic E-state index is -3.62. The van der Waals surface area contributed by atoms with Crippen molar-refractivity contribution in [2.24, 2.45) is 0 Å². The van der Waals surface area contributed by atoms with E-state index in [1.807, 2.05) is 19.9 Å². The van der Waals surface area contributed by atoms with Crippen LogP contribution in [-0.2, 0) is 21.4 Å². The lowest BCUT2D eigenvalue weighted by Crippen LogP contribution is -2.32. The van der Waals surface area contributed by atoms with Gasteiger partial charge in [0.1, 0.15) is 0 Å². The molecule has 3 N–H and O–H groups in total. The van der Waals surface area contributed by atoms with Crippen molar-refractivity contribution in [2.45, 2.75) is 44.2 Å². The fourth-order valence-electron chi connectivity index (χ4n) is 2.50. The Bertz CT molecular complexity index is 930. The van der Waals surface area contributed by atoms with Gasteiger partial charge in [-0.2, -0.15) is 0 Å². The van der Waals surface area contributed by atoms with Gasteiger partial charge in [0.15, 0.2) is 0 Å². The van der Waals surface area contributed by atoms with Crippen LogP contribution >= 0.6 is 0 Å². The van der Waals surface area contributed by atoms with E-state index in [2.05, 4.69) is 15.4 Å². The summed E-state index contributed by atoms with van der Waals surface area (Å²) in [5.74, 6) is -0.432. The first kappa shape index (κ1) is 22.6. The van der Waals surface area contributed by atoms with Gasteiger partial charge in [-0.15, -0.1) is 0 Å². The lowest BCUT2D eigenvalue weighted by atomic mass is 10.1. The zero-order valence-corrected chi connectivity index (χ0v) is 17.5. The number of benzene rings is 2. The average Bonchev–Trinajstić information content (AvgIpc) is 2.73. The third kappa shape index (κ3) is 7.32. The van der Waals surface area contributed by atoms with Crippen LogP contribution in [0.5, 0.6) is 0 Å². The zero-order valence-electron chi connectivity index (χ0n) is 16.6. The van der Waals surface area contributed by atoms with Crippen molar-refractivity contribution in [3.63, 3.8) is 0 Å². The molecule has 1 atom stereocenters. The zero-order chi connectivity index (χ0) is 21.3. The highest BCUT2D eigenvalue weighted by molar-refractivity contribution is 7.89. The smallest absolute Gasteiger partial charge is 0.251 e. The molecule has 2 aromatic carbocycles. The summed E-state index contributed by atoms with van der Waals surface area (Å²) in [6.07, 6.45) is 0.857. The van der Waals surface area contributed by atoms with Gasteiger partial charge in [0.05, 0.1) is 4.90 Å². The summed E-state index contributed by atoms with van der Waals surface area (Å²) in [5.41, 5.74) is 1.33. The lowest BCUT2D eigenvalue weighted by molar-refractivity contribution is -0.121. The van der Waals surface area contributed by atoms with Crippen LogP contribution in [0.2, 0.25) is 0 Å². The predicted molar refractivity (Wildman–Crippen MR) is 112 cm³/mol. The topological polar surface area (TPSA) is 104 Å². The molecule has 0 aliphatic carbocycles. The number of rotatable bonds is 10. The maximum absolute atomic E-state index is 12.2. The molecule has 0 aliphatic rings. The fraction of sp³-hybridized carbons (Fsp3) is 0.333. The van der Waals surface area contributed by atoms with Crippen LogP contribution in [0.1, 0.15) is 42.6 Å². The van der Waals surface area contributed by atoms with E-state index < -0.39 is 10.0 Å². The molecule has 7 nitrogen and oxygen atoms in total. The molecule has 0 saturated heterocycles. The Hall–Kier alpha value is -2.71. The Labute approximate surface area is 172 Å². The van der Waals surface area contributed by atoms with Crippen LogP contribution < -0.4 is 15.4 Å². The standard InChI is InChI=1S/C21H27N3O4S/c1-3-16(2)24-21(26)18-9-7-8-17(14-18)15-22-20(25)12-13-23-29(27,28)19-10-5-4-6-11-19/h4-11,14,16,23H,3,12-13,15H2,1-2H3,(H,22,25)(H,24,26). The second kappa shape index (κ2) is 10.7. The predicted octanol–water partition coefficient (Wildman–Crippen LogP) is 2.20. The van der Waals surface area contributed by atoms with Crippen molar-refractivity contribution < 1.29 is 18.0 Å². The summed E-state index contributed by atoms with van der Waals surface area (Å²) in [4.78, 5) is 24.4. The maximum Gasteiger partial charge on any atom is 0.251 e. The molecular weight excluding hydrogens is 390 g/mol. The van der Waals surface area contributed by atoms with Crippen molar-refractivity contribution in [3.05, 3.63) is 65.7 Å². The van der Waals surface area contributed by atoms with E-state index in [9.17, 15) is 18.0 Å². The molecule has 0 fully saturated rings. The van der Waals surface area contributed by atoms with Crippen molar-refractivity contribution in [1.82, 2.24) is 15.4 Å². The van der Waals surface area contributed by atoms with Crippen LogP contribution in [-0.4, -0.2) is 32.8 Å². The van der Waals surface area contributed by atoms with Gasteiger partial charge >= 0.3 is 0 Å². The van der Waals surface area contributed by atoms with Gasteiger partial charge < -0.3 is 10.6 Å². The van der Waals surface area contributed by atoms with E-state index in [1.54, 1.807) is 36.4 Å². The van der Waals surface area contributed by atoms with Gasteiger partial charge in [-0.25, -0.2) is 13.1 Å². The Balaban J connectivity index is 1.81. The van der Waals surface area contributed by atoms with E-state index in [1.165, 1.54) is 12.1 Å². The second-order valence-electron chi connectivity index (χ2n) is 6.72. The molecule has 2 amide bonds. The normalized spacial score (nSPS) is 12.2. The van der Waals surface area contributed by atoms with Crippen LogP contribution in [0.15, 0.2) is 59.5 Å². The van der Waals surface area contributed by atoms with Gasteiger partial charge in [0.2, 0.25) is 15.9 Å². The SMILES string of the molecule is CCC(C)NC(=O)c1cccc(CNC(=O)CCNS(=O)(=O)c2ccccc2)c1. The Morgan fingerprint density at radius 3 is 2.45 bits per heavy atom. The van der Waals surface area contributed by atoms with Gasteiger partial charge in [0.25, 0.3) is 5.91 Å². The van der Waals surface area contributed by atoms with Crippen molar-refractivity contribution in [3.8, 4) is 0 Å². The maximum atomic E-state index is 12.2.